The van der Waals surface area contributed by atoms with Gasteiger partial charge in [-0.2, -0.15) is 12.6 Å². The third-order valence-electron chi connectivity index (χ3n) is 9.53. The van der Waals surface area contributed by atoms with Gasteiger partial charge < -0.3 is 24.6 Å². The van der Waals surface area contributed by atoms with Gasteiger partial charge in [-0.05, 0) is 83.4 Å². The van der Waals surface area contributed by atoms with Crippen LogP contribution in [-0.4, -0.2) is 87.1 Å². The average molecular weight is 763 g/mol. The van der Waals surface area contributed by atoms with E-state index in [-0.39, 0.29) is 25.1 Å². The normalized spacial score (nSPS) is 15.9. The lowest BCUT2D eigenvalue weighted by atomic mass is 9.90. The summed E-state index contributed by atoms with van der Waals surface area (Å²) >= 11 is 4.73. The molecule has 1 N–H and O–H groups in total. The van der Waals surface area contributed by atoms with Crippen molar-refractivity contribution >= 4 is 42.4 Å². The predicted octanol–water partition coefficient (Wildman–Crippen LogP) is 6.10. The van der Waals surface area contributed by atoms with Crippen molar-refractivity contribution in [2.45, 2.75) is 102 Å². The van der Waals surface area contributed by atoms with Crippen LogP contribution in [0.2, 0.25) is 0 Å². The minimum absolute atomic E-state index is 0.0305. The Hall–Kier alpha value is -4.91. The Bertz CT molecular complexity index is 1860. The summed E-state index contributed by atoms with van der Waals surface area (Å²) in [7, 11) is 2.72. The Kier molecular flexibility index (Phi) is 13.2. The van der Waals surface area contributed by atoms with Gasteiger partial charge in [-0.1, -0.05) is 54.6 Å². The number of methoxy groups -OCH3 is 1. The van der Waals surface area contributed by atoms with Gasteiger partial charge in [-0.3, -0.25) is 19.3 Å². The highest BCUT2D eigenvalue weighted by molar-refractivity contribution is 7.81. The topological polar surface area (TPSA) is 126 Å². The van der Waals surface area contributed by atoms with Gasteiger partial charge in [0.2, 0.25) is 17.7 Å². The van der Waals surface area contributed by atoms with Gasteiger partial charge in [-0.15, -0.1) is 0 Å². The van der Waals surface area contributed by atoms with Gasteiger partial charge in [0.05, 0.1) is 18.7 Å². The molecule has 0 fully saturated rings. The van der Waals surface area contributed by atoms with E-state index in [1.165, 1.54) is 36.9 Å². The monoisotopic (exact) mass is 762 g/mol. The van der Waals surface area contributed by atoms with Crippen molar-refractivity contribution in [3.63, 3.8) is 0 Å². The predicted molar refractivity (Wildman–Crippen MR) is 206 cm³/mol. The first kappa shape index (κ1) is 41.8. The molecule has 54 heavy (non-hydrogen) atoms. The molecule has 0 radical (unpaired) electrons. The minimum Gasteiger partial charge on any atom is -0.465 e. The minimum atomic E-state index is -1.23. The first-order valence-corrected chi connectivity index (χ1v) is 18.3. The highest BCUT2D eigenvalue weighted by Gasteiger charge is 2.45. The molecule has 0 spiro atoms. The van der Waals surface area contributed by atoms with E-state index < -0.39 is 70.1 Å². The molecule has 3 aromatic rings. The molecule has 4 amide bonds. The lowest BCUT2D eigenvalue weighted by Crippen LogP contribution is -2.63. The molecule has 0 aromatic heterocycles. The molecule has 4 rings (SSSR count). The molecule has 4 atom stereocenters. The molecule has 13 heteroatoms. The van der Waals surface area contributed by atoms with Crippen LogP contribution < -0.4 is 5.32 Å². The largest absolute Gasteiger partial charge is 0.465 e. The first-order valence-electron chi connectivity index (χ1n) is 17.8. The molecule has 0 aliphatic carbocycles. The van der Waals surface area contributed by atoms with Gasteiger partial charge >= 0.3 is 12.1 Å². The standard InChI is InChI=1S/C41H51FN4O7S/c1-25(31-16-12-13-17-32(31)42)45(23-27-18-20-28(21-19-27)38(50)52-9)36(48)33-22-29-14-10-11-15-30(29)24-46(33)37(49)34(41(6,7)54)43-35(47)26(2)44(8)39(51)53-40(3,4)5/h10-21,25-26,33-34,54H,22-24H2,1-9H3,(H,43,47)/t25-,26?,33?,34?/m1/s1. The molecule has 1 aliphatic rings. The van der Waals surface area contributed by atoms with Gasteiger partial charge in [0.25, 0.3) is 0 Å². The zero-order chi connectivity index (χ0) is 40.1. The SMILES string of the molecule is COC(=O)c1ccc(CN(C(=O)C2Cc3ccccc3CN2C(=O)C(NC(=O)C(C)N(C)C(=O)OC(C)(C)C)C(C)(C)S)[C@H](C)c2ccccc2F)cc1. The molecule has 1 aliphatic heterocycles. The molecule has 0 saturated carbocycles. The second-order valence-corrected chi connectivity index (χ2v) is 16.3. The van der Waals surface area contributed by atoms with Crippen molar-refractivity contribution in [1.82, 2.24) is 20.0 Å². The summed E-state index contributed by atoms with van der Waals surface area (Å²) in [6.45, 7) is 11.9. The molecule has 0 saturated heterocycles. The number of halogens is 1. The van der Waals surface area contributed by atoms with Crippen molar-refractivity contribution < 1.29 is 37.8 Å². The molecule has 3 aromatic carbocycles. The fraction of sp³-hybridized carbons (Fsp3) is 0.439. The van der Waals surface area contributed by atoms with Crippen LogP contribution in [0.5, 0.6) is 0 Å². The van der Waals surface area contributed by atoms with Crippen molar-refractivity contribution in [1.29, 1.82) is 0 Å². The van der Waals surface area contributed by atoms with E-state index in [1.807, 2.05) is 24.3 Å². The Labute approximate surface area is 322 Å². The van der Waals surface area contributed by atoms with Gasteiger partial charge in [0.1, 0.15) is 29.5 Å². The summed E-state index contributed by atoms with van der Waals surface area (Å²) in [5.41, 5.74) is 2.20. The van der Waals surface area contributed by atoms with E-state index in [4.69, 9.17) is 22.1 Å². The van der Waals surface area contributed by atoms with Gasteiger partial charge in [0, 0.05) is 36.9 Å². The summed E-state index contributed by atoms with van der Waals surface area (Å²) in [5, 5.41) is 2.81. The summed E-state index contributed by atoms with van der Waals surface area (Å²) in [6, 6.07) is 16.2. The third kappa shape index (κ3) is 9.99. The number of thiol groups is 1. The number of amides is 4. The van der Waals surface area contributed by atoms with Crippen LogP contribution in [0.3, 0.4) is 0 Å². The van der Waals surface area contributed by atoms with Gasteiger partial charge in [0.15, 0.2) is 0 Å². The fourth-order valence-corrected chi connectivity index (χ4v) is 6.43. The van der Waals surface area contributed by atoms with E-state index in [9.17, 15) is 19.2 Å². The second kappa shape index (κ2) is 17.0. The second-order valence-electron chi connectivity index (χ2n) is 15.2. The Morgan fingerprint density at radius 1 is 0.926 bits per heavy atom. The number of fused-ring (bicyclic) bond motifs is 1. The van der Waals surface area contributed by atoms with Crippen LogP contribution in [0.1, 0.15) is 87.1 Å². The highest BCUT2D eigenvalue weighted by Crippen LogP contribution is 2.32. The number of ether oxygens (including phenoxy) is 2. The lowest BCUT2D eigenvalue weighted by Gasteiger charge is -2.43. The molecular weight excluding hydrogens is 712 g/mol. The van der Waals surface area contributed by atoms with Crippen LogP contribution in [0.15, 0.2) is 72.8 Å². The Morgan fingerprint density at radius 2 is 1.52 bits per heavy atom. The van der Waals surface area contributed by atoms with E-state index in [0.717, 1.165) is 16.0 Å². The molecular formula is C41H51FN4O7S. The maximum absolute atomic E-state index is 15.3. The average Bonchev–Trinajstić information content (AvgIpc) is 3.12. The maximum Gasteiger partial charge on any atom is 0.410 e. The summed E-state index contributed by atoms with van der Waals surface area (Å²) in [4.78, 5) is 72.5. The van der Waals surface area contributed by atoms with Crippen LogP contribution >= 0.6 is 12.6 Å². The molecule has 290 valence electrons. The van der Waals surface area contributed by atoms with E-state index in [1.54, 1.807) is 84.0 Å². The van der Waals surface area contributed by atoms with Crippen molar-refractivity contribution in [3.05, 3.63) is 106 Å². The number of carbonyl (C=O) groups is 5. The number of nitrogens with zero attached hydrogens (tertiary/aromatic N) is 3. The quantitative estimate of drug-likeness (QED) is 0.179. The maximum atomic E-state index is 15.3. The van der Waals surface area contributed by atoms with Crippen LogP contribution in [0.25, 0.3) is 0 Å². The summed E-state index contributed by atoms with van der Waals surface area (Å²) in [5.74, 6) is -2.61. The van der Waals surface area contributed by atoms with Crippen molar-refractivity contribution in [2.24, 2.45) is 0 Å². The number of hydrogen-bond acceptors (Lipinski definition) is 8. The van der Waals surface area contributed by atoms with Crippen LogP contribution in [0.4, 0.5) is 9.18 Å². The third-order valence-corrected chi connectivity index (χ3v) is 9.79. The number of esters is 1. The number of nitrogens with one attached hydrogen (secondary N) is 1. The smallest absolute Gasteiger partial charge is 0.410 e. The number of carbonyl (C=O) groups excluding carboxylic acids is 5. The Morgan fingerprint density at radius 3 is 2.09 bits per heavy atom. The highest BCUT2D eigenvalue weighted by atomic mass is 32.1. The van der Waals surface area contributed by atoms with E-state index in [2.05, 4.69) is 5.32 Å². The van der Waals surface area contributed by atoms with Crippen LogP contribution in [0, 0.1) is 5.82 Å². The van der Waals surface area contributed by atoms with E-state index >= 15 is 9.18 Å². The molecule has 3 unspecified atom stereocenters. The van der Waals surface area contributed by atoms with Crippen molar-refractivity contribution in [2.75, 3.05) is 14.2 Å². The van der Waals surface area contributed by atoms with E-state index in [0.29, 0.717) is 11.1 Å². The Balaban J connectivity index is 1.73. The lowest BCUT2D eigenvalue weighted by molar-refractivity contribution is -0.151. The zero-order valence-corrected chi connectivity index (χ0v) is 33.3. The fourth-order valence-electron chi connectivity index (χ4n) is 6.25. The van der Waals surface area contributed by atoms with Crippen molar-refractivity contribution in [3.8, 4) is 0 Å². The zero-order valence-electron chi connectivity index (χ0n) is 32.4. The number of rotatable bonds is 11. The van der Waals surface area contributed by atoms with Crippen LogP contribution in [-0.2, 0) is 43.4 Å². The number of benzene rings is 3. The molecule has 0 bridgehead atoms. The first-order chi connectivity index (χ1) is 25.2. The number of likely N-dealkylation sites (N-methyl/N-ethyl adjacent to an activating group) is 1. The number of hydrogen-bond donors (Lipinski definition) is 2. The molecule has 1 heterocycles. The van der Waals surface area contributed by atoms with Gasteiger partial charge in [-0.25, -0.2) is 14.0 Å². The summed E-state index contributed by atoms with van der Waals surface area (Å²) < 4.78 is 24.4. The molecule has 11 nitrogen and oxygen atoms in total. The summed E-state index contributed by atoms with van der Waals surface area (Å²) in [6.07, 6.45) is -0.547.